The van der Waals surface area contributed by atoms with Crippen molar-refractivity contribution in [3.8, 4) is 11.5 Å². The number of nitrogens with zero attached hydrogens (tertiary/aromatic N) is 5. The molecule has 2 aliphatic heterocycles. The van der Waals surface area contributed by atoms with Crippen molar-refractivity contribution in [3.05, 3.63) is 24.2 Å². The normalized spacial score (nSPS) is 25.0. The summed E-state index contributed by atoms with van der Waals surface area (Å²) in [4.78, 5) is 6.90. The molecular weight excluding hydrogens is 292 g/mol. The zero-order valence-corrected chi connectivity index (χ0v) is 13.8. The predicted octanol–water partition coefficient (Wildman–Crippen LogP) is 0.741. The molecule has 0 radical (unpaired) electrons. The third-order valence-corrected chi connectivity index (χ3v) is 4.73. The SMILES string of the molecule is CCO[C@H]1CN(C)C[C@@H]1n1ccnc1-c1cc2n(n1)CCNC2. The summed E-state index contributed by atoms with van der Waals surface area (Å²) in [6, 6.07) is 2.44. The van der Waals surface area contributed by atoms with Crippen LogP contribution in [0.5, 0.6) is 0 Å². The molecular formula is C16H24N6O. The summed E-state index contributed by atoms with van der Waals surface area (Å²) in [5, 5.41) is 8.14. The zero-order chi connectivity index (χ0) is 15.8. The Kier molecular flexibility index (Phi) is 3.92. The first-order valence-electron chi connectivity index (χ1n) is 8.37. The quantitative estimate of drug-likeness (QED) is 0.902. The molecule has 1 N–H and O–H groups in total. The van der Waals surface area contributed by atoms with E-state index in [-0.39, 0.29) is 12.1 Å². The minimum Gasteiger partial charge on any atom is -0.375 e. The molecule has 0 spiro atoms. The van der Waals surface area contributed by atoms with Gasteiger partial charge < -0.3 is 19.5 Å². The molecule has 0 bridgehead atoms. The Morgan fingerprint density at radius 1 is 1.39 bits per heavy atom. The van der Waals surface area contributed by atoms with Crippen LogP contribution < -0.4 is 5.32 Å². The van der Waals surface area contributed by atoms with Crippen LogP contribution in [0.3, 0.4) is 0 Å². The van der Waals surface area contributed by atoms with Gasteiger partial charge in [-0.3, -0.25) is 4.68 Å². The maximum Gasteiger partial charge on any atom is 0.160 e. The summed E-state index contributed by atoms with van der Waals surface area (Å²) >= 11 is 0. The average Bonchev–Trinajstić information content (AvgIpc) is 3.24. The largest absolute Gasteiger partial charge is 0.375 e. The Hall–Kier alpha value is -1.70. The van der Waals surface area contributed by atoms with E-state index in [1.54, 1.807) is 0 Å². The van der Waals surface area contributed by atoms with Crippen LogP contribution in [0.25, 0.3) is 11.5 Å². The molecule has 1 saturated heterocycles. The van der Waals surface area contributed by atoms with Gasteiger partial charge in [-0.2, -0.15) is 5.10 Å². The topological polar surface area (TPSA) is 60.1 Å². The number of likely N-dealkylation sites (tertiary alicyclic amines) is 1. The van der Waals surface area contributed by atoms with Crippen LogP contribution in [-0.4, -0.2) is 63.6 Å². The molecule has 7 nitrogen and oxygen atoms in total. The van der Waals surface area contributed by atoms with E-state index in [1.807, 2.05) is 6.20 Å². The van der Waals surface area contributed by atoms with Gasteiger partial charge in [-0.05, 0) is 20.0 Å². The molecule has 23 heavy (non-hydrogen) atoms. The highest BCUT2D eigenvalue weighted by Gasteiger charge is 2.34. The van der Waals surface area contributed by atoms with E-state index in [0.29, 0.717) is 0 Å². The van der Waals surface area contributed by atoms with Crippen molar-refractivity contribution in [3.63, 3.8) is 0 Å². The monoisotopic (exact) mass is 316 g/mol. The molecule has 124 valence electrons. The van der Waals surface area contributed by atoms with Gasteiger partial charge in [0.25, 0.3) is 0 Å². The number of aromatic nitrogens is 4. The van der Waals surface area contributed by atoms with Crippen LogP contribution in [0.1, 0.15) is 18.7 Å². The first-order valence-corrected chi connectivity index (χ1v) is 8.37. The Morgan fingerprint density at radius 2 is 2.30 bits per heavy atom. The number of likely N-dealkylation sites (N-methyl/N-ethyl adjacent to an activating group) is 1. The fraction of sp³-hybridized carbons (Fsp3) is 0.625. The highest BCUT2D eigenvalue weighted by Crippen LogP contribution is 2.29. The standard InChI is InChI=1S/C16H24N6O/c1-3-23-15-11-20(2)10-14(15)21-6-5-18-16(21)13-8-12-9-17-4-7-22(12)19-13/h5-6,8,14-15,17H,3-4,7,9-11H2,1-2H3/t14-,15-/m0/s1. The molecule has 0 saturated carbocycles. The van der Waals surface area contributed by atoms with E-state index in [1.165, 1.54) is 5.69 Å². The summed E-state index contributed by atoms with van der Waals surface area (Å²) in [6.45, 7) is 7.50. The predicted molar refractivity (Wildman–Crippen MR) is 87.1 cm³/mol. The van der Waals surface area contributed by atoms with Crippen molar-refractivity contribution in [1.29, 1.82) is 0 Å². The molecule has 1 fully saturated rings. The molecule has 0 amide bonds. The second-order valence-electron chi connectivity index (χ2n) is 6.36. The van der Waals surface area contributed by atoms with Crippen molar-refractivity contribution in [1.82, 2.24) is 29.5 Å². The van der Waals surface area contributed by atoms with Gasteiger partial charge in [-0.15, -0.1) is 0 Å². The second kappa shape index (κ2) is 6.07. The average molecular weight is 316 g/mol. The van der Waals surface area contributed by atoms with Gasteiger partial charge in [0.2, 0.25) is 0 Å². The highest BCUT2D eigenvalue weighted by atomic mass is 16.5. The first kappa shape index (κ1) is 14.9. The summed E-state index contributed by atoms with van der Waals surface area (Å²) in [6.07, 6.45) is 4.13. The number of hydrogen-bond donors (Lipinski definition) is 1. The summed E-state index contributed by atoms with van der Waals surface area (Å²) in [7, 11) is 2.14. The van der Waals surface area contributed by atoms with Crippen molar-refractivity contribution in [2.75, 3.05) is 33.3 Å². The maximum atomic E-state index is 5.96. The lowest BCUT2D eigenvalue weighted by Gasteiger charge is -2.21. The Labute approximate surface area is 136 Å². The van der Waals surface area contributed by atoms with E-state index in [4.69, 9.17) is 9.84 Å². The molecule has 2 aromatic heterocycles. The number of rotatable bonds is 4. The Morgan fingerprint density at radius 3 is 3.13 bits per heavy atom. The molecule has 0 unspecified atom stereocenters. The van der Waals surface area contributed by atoms with E-state index in [9.17, 15) is 0 Å². The van der Waals surface area contributed by atoms with Crippen LogP contribution in [0, 0.1) is 0 Å². The van der Waals surface area contributed by atoms with Gasteiger partial charge >= 0.3 is 0 Å². The Bertz CT molecular complexity index is 654. The fourth-order valence-corrected chi connectivity index (χ4v) is 3.67. The molecule has 0 aromatic carbocycles. The van der Waals surface area contributed by atoms with Crippen molar-refractivity contribution in [2.24, 2.45) is 0 Å². The molecule has 2 atom stereocenters. The van der Waals surface area contributed by atoms with Gasteiger partial charge in [0.1, 0.15) is 5.69 Å². The van der Waals surface area contributed by atoms with Crippen LogP contribution in [0.4, 0.5) is 0 Å². The molecule has 4 rings (SSSR count). The van der Waals surface area contributed by atoms with Crippen LogP contribution in [0.15, 0.2) is 18.5 Å². The number of fused-ring (bicyclic) bond motifs is 1. The van der Waals surface area contributed by atoms with Gasteiger partial charge in [-0.25, -0.2) is 4.98 Å². The van der Waals surface area contributed by atoms with Gasteiger partial charge in [-0.1, -0.05) is 0 Å². The van der Waals surface area contributed by atoms with Gasteiger partial charge in [0, 0.05) is 45.2 Å². The Balaban J connectivity index is 1.67. The molecule has 7 heteroatoms. The van der Waals surface area contributed by atoms with Gasteiger partial charge in [0.15, 0.2) is 5.82 Å². The fourth-order valence-electron chi connectivity index (χ4n) is 3.67. The molecule has 4 heterocycles. The van der Waals surface area contributed by atoms with E-state index in [2.05, 4.69) is 50.7 Å². The molecule has 2 aliphatic rings. The first-order chi connectivity index (χ1) is 11.3. The minimum absolute atomic E-state index is 0.205. The van der Waals surface area contributed by atoms with Crippen molar-refractivity contribution in [2.45, 2.75) is 32.2 Å². The number of imidazole rings is 1. The minimum atomic E-state index is 0.205. The number of hydrogen-bond acceptors (Lipinski definition) is 5. The number of ether oxygens (including phenoxy) is 1. The summed E-state index contributed by atoms with van der Waals surface area (Å²) in [5.41, 5.74) is 2.18. The molecule has 0 aliphatic carbocycles. The van der Waals surface area contributed by atoms with Crippen LogP contribution >= 0.6 is 0 Å². The zero-order valence-electron chi connectivity index (χ0n) is 13.8. The van der Waals surface area contributed by atoms with Gasteiger partial charge in [0.05, 0.1) is 24.4 Å². The summed E-state index contributed by atoms with van der Waals surface area (Å²) < 4.78 is 10.3. The lowest BCUT2D eigenvalue weighted by molar-refractivity contribution is 0.0471. The van der Waals surface area contributed by atoms with Crippen LogP contribution in [0.2, 0.25) is 0 Å². The van der Waals surface area contributed by atoms with Crippen molar-refractivity contribution < 1.29 is 4.74 Å². The number of nitrogens with one attached hydrogen (secondary N) is 1. The lowest BCUT2D eigenvalue weighted by atomic mass is 10.2. The van der Waals surface area contributed by atoms with E-state index >= 15 is 0 Å². The van der Waals surface area contributed by atoms with Crippen LogP contribution in [-0.2, 0) is 17.8 Å². The van der Waals surface area contributed by atoms with E-state index < -0.39 is 0 Å². The highest BCUT2D eigenvalue weighted by molar-refractivity contribution is 5.51. The third kappa shape index (κ3) is 2.69. The van der Waals surface area contributed by atoms with Crippen molar-refractivity contribution >= 4 is 0 Å². The van der Waals surface area contributed by atoms with E-state index in [0.717, 1.165) is 50.8 Å². The third-order valence-electron chi connectivity index (χ3n) is 4.73. The lowest BCUT2D eigenvalue weighted by Crippen LogP contribution is -2.28. The maximum absolute atomic E-state index is 5.96. The molecule has 2 aromatic rings. The smallest absolute Gasteiger partial charge is 0.160 e. The summed E-state index contributed by atoms with van der Waals surface area (Å²) in [5.74, 6) is 0.942. The second-order valence-corrected chi connectivity index (χ2v) is 6.36.